The molecule has 2 bridgehead atoms. The molecule has 0 radical (unpaired) electrons. The van der Waals surface area contributed by atoms with E-state index in [1.54, 1.807) is 6.08 Å². The highest BCUT2D eigenvalue weighted by atomic mass is 32.1. The lowest BCUT2D eigenvalue weighted by molar-refractivity contribution is -0.278. The normalized spacial score (nSPS) is 43.1. The van der Waals surface area contributed by atoms with Crippen LogP contribution in [0.3, 0.4) is 0 Å². The van der Waals surface area contributed by atoms with E-state index in [9.17, 15) is 9.90 Å². The van der Waals surface area contributed by atoms with Crippen LogP contribution in [-0.4, -0.2) is 56.7 Å². The number of ether oxygens (including phenoxy) is 3. The van der Waals surface area contributed by atoms with Crippen LogP contribution in [0.2, 0.25) is 0 Å². The van der Waals surface area contributed by atoms with Crippen LogP contribution in [0.25, 0.3) is 10.9 Å². The van der Waals surface area contributed by atoms with E-state index in [0.717, 1.165) is 11.9 Å². The number of para-hydroxylation sites is 1. The summed E-state index contributed by atoms with van der Waals surface area (Å²) in [6.07, 6.45) is 2.94. The van der Waals surface area contributed by atoms with Crippen molar-refractivity contribution >= 4 is 33.9 Å². The number of aromatic amines is 1. The van der Waals surface area contributed by atoms with Crippen molar-refractivity contribution in [2.24, 2.45) is 17.1 Å². The monoisotopic (exact) mass is 522 g/mol. The first-order valence-corrected chi connectivity index (χ1v) is 13.6. The summed E-state index contributed by atoms with van der Waals surface area (Å²) in [6.45, 7) is 8.25. The summed E-state index contributed by atoms with van der Waals surface area (Å²) in [7, 11) is 0. The predicted octanol–water partition coefficient (Wildman–Crippen LogP) is 3.60. The Labute approximate surface area is 221 Å². The van der Waals surface area contributed by atoms with Gasteiger partial charge in [0.05, 0.1) is 17.7 Å². The van der Waals surface area contributed by atoms with Crippen molar-refractivity contribution < 1.29 is 24.1 Å². The highest BCUT2D eigenvalue weighted by Gasteiger charge is 2.78. The molecule has 7 nitrogen and oxygen atoms in total. The van der Waals surface area contributed by atoms with Crippen LogP contribution in [0.1, 0.15) is 58.2 Å². The van der Waals surface area contributed by atoms with E-state index in [1.807, 2.05) is 19.9 Å². The van der Waals surface area contributed by atoms with Crippen molar-refractivity contribution in [1.82, 2.24) is 4.98 Å². The summed E-state index contributed by atoms with van der Waals surface area (Å²) in [5, 5.41) is 14.4. The van der Waals surface area contributed by atoms with Crippen molar-refractivity contribution in [3.8, 4) is 0 Å². The fraction of sp³-hybridized carbons (Fsp3) is 0.586. The van der Waals surface area contributed by atoms with Gasteiger partial charge in [-0.15, -0.1) is 0 Å². The van der Waals surface area contributed by atoms with E-state index in [2.05, 4.69) is 37.0 Å². The number of hydrogen-bond donors (Lipinski definition) is 3. The lowest BCUT2D eigenvalue weighted by atomic mass is 9.41. The maximum Gasteiger partial charge on any atom is 0.195 e. The summed E-state index contributed by atoms with van der Waals surface area (Å²) in [5.74, 6) is -1.11. The lowest BCUT2D eigenvalue weighted by Gasteiger charge is -2.67. The molecule has 1 spiro atoms. The molecule has 7 rings (SSSR count). The number of nitrogens with two attached hydrogens (primary N) is 1. The first-order chi connectivity index (χ1) is 17.4. The van der Waals surface area contributed by atoms with Crippen LogP contribution >= 0.6 is 12.2 Å². The van der Waals surface area contributed by atoms with Gasteiger partial charge in [-0.2, -0.15) is 0 Å². The Balaban J connectivity index is 1.45. The lowest BCUT2D eigenvalue weighted by Crippen LogP contribution is -2.74. The molecule has 8 heteroatoms. The summed E-state index contributed by atoms with van der Waals surface area (Å²) in [4.78, 5) is 17.3. The van der Waals surface area contributed by atoms with Gasteiger partial charge in [0, 0.05) is 39.4 Å². The molecule has 37 heavy (non-hydrogen) atoms. The van der Waals surface area contributed by atoms with E-state index >= 15 is 0 Å². The van der Waals surface area contributed by atoms with Crippen molar-refractivity contribution in [2.75, 3.05) is 6.61 Å². The number of aliphatic hydroxyl groups is 1. The van der Waals surface area contributed by atoms with Gasteiger partial charge in [-0.05, 0) is 56.7 Å². The Morgan fingerprint density at radius 1 is 1.24 bits per heavy atom. The molecule has 1 unspecified atom stereocenters. The molecule has 196 valence electrons. The molecule has 3 fully saturated rings. The fourth-order valence-electron chi connectivity index (χ4n) is 8.77. The van der Waals surface area contributed by atoms with E-state index in [-0.39, 0.29) is 23.3 Å². The Kier molecular flexibility index (Phi) is 4.60. The quantitative estimate of drug-likeness (QED) is 0.529. The van der Waals surface area contributed by atoms with Crippen molar-refractivity contribution in [1.29, 1.82) is 0 Å². The summed E-state index contributed by atoms with van der Waals surface area (Å²) in [6, 6.07) is 8.39. The number of benzene rings is 1. The third-order valence-corrected chi connectivity index (χ3v) is 10.8. The second-order valence-corrected chi connectivity index (χ2v) is 13.2. The second-order valence-electron chi connectivity index (χ2n) is 12.6. The molecular weight excluding hydrogens is 488 g/mol. The molecule has 0 amide bonds. The Morgan fingerprint density at radius 2 is 2.00 bits per heavy atom. The van der Waals surface area contributed by atoms with Gasteiger partial charge in [-0.25, -0.2) is 0 Å². The number of ketones is 1. The van der Waals surface area contributed by atoms with Gasteiger partial charge in [0.2, 0.25) is 0 Å². The minimum Gasteiger partial charge on any atom is -0.391 e. The van der Waals surface area contributed by atoms with E-state index < -0.39 is 40.0 Å². The highest BCUT2D eigenvalue weighted by Crippen LogP contribution is 2.72. The zero-order chi connectivity index (χ0) is 26.2. The van der Waals surface area contributed by atoms with Gasteiger partial charge < -0.3 is 30.0 Å². The minimum absolute atomic E-state index is 0.0557. The van der Waals surface area contributed by atoms with Gasteiger partial charge in [0.1, 0.15) is 11.2 Å². The zero-order valence-electron chi connectivity index (χ0n) is 21.7. The Hall–Kier alpha value is -2.10. The van der Waals surface area contributed by atoms with Crippen LogP contribution in [0.5, 0.6) is 0 Å². The molecule has 2 aromatic rings. The standard InChI is InChI=1S/C29H34N2O5S/c1-25(2)24-19(32)13-20-28(35-24,36-25)10-9-26(3)27(4)15(12-21(29(20,26)33)34-14-22(30)37)11-17-16-7-5-6-8-18(16)31-23(17)27/h5-8,13,15,21,24,31,33H,9-12,14H2,1-4H3,(H2,30,37)/t15-,21+,24+,26-,27-,28?,29+/m1/s1. The molecule has 2 saturated carbocycles. The third-order valence-electron chi connectivity index (χ3n) is 10.7. The van der Waals surface area contributed by atoms with E-state index in [0.29, 0.717) is 24.8 Å². The average Bonchev–Trinajstić information content (AvgIpc) is 3.42. The number of carbonyl (C=O) groups excluding carboxylic acids is 1. The van der Waals surface area contributed by atoms with Crippen molar-refractivity contribution in [2.45, 2.75) is 88.0 Å². The van der Waals surface area contributed by atoms with Crippen molar-refractivity contribution in [3.63, 3.8) is 0 Å². The smallest absolute Gasteiger partial charge is 0.195 e. The maximum absolute atomic E-state index is 13.4. The summed E-state index contributed by atoms with van der Waals surface area (Å²) >= 11 is 5.15. The largest absolute Gasteiger partial charge is 0.391 e. The van der Waals surface area contributed by atoms with Crippen LogP contribution in [0.4, 0.5) is 0 Å². The van der Waals surface area contributed by atoms with Gasteiger partial charge in [0.15, 0.2) is 17.7 Å². The van der Waals surface area contributed by atoms with Gasteiger partial charge in [-0.1, -0.05) is 44.3 Å². The molecule has 5 aliphatic rings. The molecule has 2 aliphatic heterocycles. The Bertz CT molecular complexity index is 1410. The topological polar surface area (TPSA) is 107 Å². The number of aromatic nitrogens is 1. The second kappa shape index (κ2) is 7.10. The fourth-order valence-corrected chi connectivity index (χ4v) is 8.84. The molecule has 4 N–H and O–H groups in total. The number of rotatable bonds is 3. The average molecular weight is 523 g/mol. The van der Waals surface area contributed by atoms with Crippen LogP contribution in [-0.2, 0) is 30.8 Å². The van der Waals surface area contributed by atoms with E-state index in [4.69, 9.17) is 32.2 Å². The van der Waals surface area contributed by atoms with Crippen LogP contribution in [0.15, 0.2) is 35.9 Å². The summed E-state index contributed by atoms with van der Waals surface area (Å²) < 4.78 is 19.3. The number of thiocarbonyl (C=S) groups is 1. The molecule has 1 aromatic carbocycles. The SMILES string of the molecule is CC1(C)OC23CC[C@]4(C)[C@@]5(C)c6[nH]c7ccccc7c6C[C@@H]5C[C@H](OCC(N)=S)[C@@]4(O)C2=CC(=O)[C@@H]1O3. The maximum atomic E-state index is 13.4. The van der Waals surface area contributed by atoms with Gasteiger partial charge in [0.25, 0.3) is 0 Å². The van der Waals surface area contributed by atoms with Crippen LogP contribution in [0, 0.1) is 11.3 Å². The molecule has 1 aromatic heterocycles. The molecule has 7 atom stereocenters. The zero-order valence-corrected chi connectivity index (χ0v) is 22.5. The molecule has 1 saturated heterocycles. The molecule has 3 aliphatic carbocycles. The Morgan fingerprint density at radius 3 is 2.76 bits per heavy atom. The molecule has 3 heterocycles. The first-order valence-electron chi connectivity index (χ1n) is 13.2. The summed E-state index contributed by atoms with van der Waals surface area (Å²) in [5.41, 5.74) is 6.49. The van der Waals surface area contributed by atoms with E-state index in [1.165, 1.54) is 16.6 Å². The highest BCUT2D eigenvalue weighted by molar-refractivity contribution is 7.80. The third kappa shape index (κ3) is 2.66. The van der Waals surface area contributed by atoms with Crippen LogP contribution < -0.4 is 5.73 Å². The van der Waals surface area contributed by atoms with Gasteiger partial charge in [-0.3, -0.25) is 4.79 Å². The number of fused-ring (bicyclic) bond motifs is 9. The minimum atomic E-state index is -1.54. The first kappa shape index (κ1) is 24.0. The van der Waals surface area contributed by atoms with Crippen molar-refractivity contribution in [3.05, 3.63) is 47.2 Å². The molecular formula is C29H34N2O5S. The number of H-pyrrole nitrogens is 1. The number of nitrogens with one attached hydrogen (secondary N) is 1. The van der Waals surface area contributed by atoms with Gasteiger partial charge >= 0.3 is 0 Å². The number of hydrogen-bond acceptors (Lipinski definition) is 6. The number of carbonyl (C=O) groups is 1. The predicted molar refractivity (Wildman–Crippen MR) is 142 cm³/mol.